The van der Waals surface area contributed by atoms with Crippen LogP contribution in [0.3, 0.4) is 0 Å². The van der Waals surface area contributed by atoms with Crippen molar-refractivity contribution >= 4 is 38.6 Å². The molecule has 150 valence electrons. The average Bonchev–Trinajstić information content (AvgIpc) is 3.17. The second kappa shape index (κ2) is 8.11. The molecular weight excluding hydrogens is 398 g/mol. The van der Waals surface area contributed by atoms with E-state index < -0.39 is 11.9 Å². The summed E-state index contributed by atoms with van der Waals surface area (Å²) >= 11 is 1.29. The van der Waals surface area contributed by atoms with Crippen molar-refractivity contribution in [1.82, 2.24) is 9.97 Å². The van der Waals surface area contributed by atoms with Crippen LogP contribution in [0.2, 0.25) is 0 Å². The lowest BCUT2D eigenvalue weighted by Crippen LogP contribution is -2.22. The summed E-state index contributed by atoms with van der Waals surface area (Å²) in [4.78, 5) is 32.2. The van der Waals surface area contributed by atoms with Crippen LogP contribution in [0.1, 0.15) is 32.4 Å². The van der Waals surface area contributed by atoms with Gasteiger partial charge in [0.2, 0.25) is 5.88 Å². The van der Waals surface area contributed by atoms with Crippen LogP contribution in [0.25, 0.3) is 10.2 Å². The predicted molar refractivity (Wildman–Crippen MR) is 105 cm³/mol. The van der Waals surface area contributed by atoms with E-state index in [4.69, 9.17) is 19.3 Å². The van der Waals surface area contributed by atoms with Crippen molar-refractivity contribution < 1.29 is 28.9 Å². The number of pyridine rings is 1. The molecule has 1 aromatic carbocycles. The summed E-state index contributed by atoms with van der Waals surface area (Å²) in [6.07, 6.45) is 1.41. The maximum absolute atomic E-state index is 12.5. The zero-order valence-electron chi connectivity index (χ0n) is 15.4. The van der Waals surface area contributed by atoms with Gasteiger partial charge in [-0.3, -0.25) is 10.1 Å². The van der Waals surface area contributed by atoms with Crippen LogP contribution in [-0.2, 0) is 9.47 Å². The number of rotatable bonds is 5. The molecule has 1 fully saturated rings. The number of thiazole rings is 1. The molecule has 0 bridgehead atoms. The molecule has 0 aliphatic carbocycles. The van der Waals surface area contributed by atoms with Crippen molar-refractivity contribution in [1.29, 1.82) is 0 Å². The lowest BCUT2D eigenvalue weighted by atomic mass is 10.1. The first kappa shape index (κ1) is 19.2. The van der Waals surface area contributed by atoms with Crippen molar-refractivity contribution in [3.8, 4) is 5.88 Å². The molecular formula is C19H17N3O6S. The van der Waals surface area contributed by atoms with E-state index in [1.54, 1.807) is 6.20 Å². The third kappa shape index (κ3) is 3.90. The number of aromatic carboxylic acids is 1. The van der Waals surface area contributed by atoms with Crippen LogP contribution in [0.5, 0.6) is 5.88 Å². The number of methoxy groups -OCH3 is 1. The van der Waals surface area contributed by atoms with E-state index in [1.165, 1.54) is 42.7 Å². The summed E-state index contributed by atoms with van der Waals surface area (Å²) in [5, 5.41) is 12.1. The number of hydrogen-bond acceptors (Lipinski definition) is 8. The van der Waals surface area contributed by atoms with Crippen molar-refractivity contribution in [2.75, 3.05) is 32.2 Å². The van der Waals surface area contributed by atoms with Gasteiger partial charge in [0.15, 0.2) is 5.13 Å². The molecule has 1 saturated heterocycles. The fourth-order valence-electron chi connectivity index (χ4n) is 2.94. The molecule has 0 unspecified atom stereocenters. The average molecular weight is 415 g/mol. The molecule has 1 amide bonds. The molecule has 1 aliphatic heterocycles. The molecule has 2 N–H and O–H groups in total. The molecule has 0 spiro atoms. The zero-order valence-corrected chi connectivity index (χ0v) is 16.2. The highest BCUT2D eigenvalue weighted by Gasteiger charge is 2.24. The Hall–Kier alpha value is -3.08. The van der Waals surface area contributed by atoms with Crippen LogP contribution in [0.4, 0.5) is 5.13 Å². The first-order chi connectivity index (χ1) is 14.1. The maximum Gasteiger partial charge on any atom is 0.335 e. The molecule has 1 aliphatic rings. The number of hydrogen-bond donors (Lipinski definition) is 2. The molecule has 29 heavy (non-hydrogen) atoms. The smallest absolute Gasteiger partial charge is 0.335 e. The van der Waals surface area contributed by atoms with Crippen LogP contribution in [-0.4, -0.2) is 53.9 Å². The van der Waals surface area contributed by atoms with E-state index in [0.29, 0.717) is 41.9 Å². The summed E-state index contributed by atoms with van der Waals surface area (Å²) in [6.45, 7) is 1.46. The van der Waals surface area contributed by atoms with Crippen LogP contribution in [0, 0.1) is 0 Å². The van der Waals surface area contributed by atoms with E-state index >= 15 is 0 Å². The van der Waals surface area contributed by atoms with Crippen molar-refractivity contribution in [2.45, 2.75) is 6.10 Å². The van der Waals surface area contributed by atoms with E-state index in [2.05, 4.69) is 15.3 Å². The molecule has 9 nitrogen and oxygen atoms in total. The number of benzene rings is 1. The monoisotopic (exact) mass is 415 g/mol. The van der Waals surface area contributed by atoms with E-state index in [1.807, 2.05) is 0 Å². The second-order valence-corrected chi connectivity index (χ2v) is 7.19. The summed E-state index contributed by atoms with van der Waals surface area (Å²) in [5.74, 6) is -1.10. The minimum atomic E-state index is -1.05. The topological polar surface area (TPSA) is 120 Å². The summed E-state index contributed by atoms with van der Waals surface area (Å²) in [5.41, 5.74) is 1.78. The Balaban J connectivity index is 1.63. The summed E-state index contributed by atoms with van der Waals surface area (Å²) in [7, 11) is 1.50. The van der Waals surface area contributed by atoms with E-state index in [-0.39, 0.29) is 11.7 Å². The van der Waals surface area contributed by atoms with Gasteiger partial charge in [-0.1, -0.05) is 11.3 Å². The minimum Gasteiger partial charge on any atom is -0.479 e. The van der Waals surface area contributed by atoms with Gasteiger partial charge in [-0.05, 0) is 24.3 Å². The Labute approximate surface area is 169 Å². The lowest BCUT2D eigenvalue weighted by Gasteiger charge is -2.23. The Morgan fingerprint density at radius 3 is 2.66 bits per heavy atom. The number of carbonyl (C=O) groups is 2. The third-order valence-corrected chi connectivity index (χ3v) is 5.40. The SMILES string of the molecule is COc1ncc([C@@H]2COCCO2)c2sc(NC(=O)c3ccc(C(=O)O)cc3)nc12. The number of fused-ring (bicyclic) bond motifs is 1. The third-order valence-electron chi connectivity index (χ3n) is 4.38. The lowest BCUT2D eigenvalue weighted by molar-refractivity contribution is -0.0896. The molecule has 0 radical (unpaired) electrons. The second-order valence-electron chi connectivity index (χ2n) is 6.19. The fraction of sp³-hybridized carbons (Fsp3) is 0.263. The van der Waals surface area contributed by atoms with Crippen molar-refractivity contribution in [3.05, 3.63) is 47.2 Å². The number of amides is 1. The number of anilines is 1. The van der Waals surface area contributed by atoms with Gasteiger partial charge < -0.3 is 19.3 Å². The van der Waals surface area contributed by atoms with Gasteiger partial charge in [0.1, 0.15) is 11.6 Å². The quantitative estimate of drug-likeness (QED) is 0.653. The fourth-order valence-corrected chi connectivity index (χ4v) is 3.95. The number of ether oxygens (including phenoxy) is 3. The van der Waals surface area contributed by atoms with Gasteiger partial charge in [0.05, 0.1) is 37.2 Å². The number of carboxylic acids is 1. The molecule has 2 aromatic heterocycles. The Bertz CT molecular complexity index is 1060. The van der Waals surface area contributed by atoms with Gasteiger partial charge in [-0.2, -0.15) is 0 Å². The molecule has 3 aromatic rings. The number of carboxylic acid groups (broad SMARTS) is 1. The van der Waals surface area contributed by atoms with Crippen LogP contribution >= 0.6 is 11.3 Å². The van der Waals surface area contributed by atoms with Gasteiger partial charge in [-0.25, -0.2) is 14.8 Å². The molecule has 3 heterocycles. The number of nitrogens with zero attached hydrogens (tertiary/aromatic N) is 2. The normalized spacial score (nSPS) is 16.5. The van der Waals surface area contributed by atoms with Crippen molar-refractivity contribution in [3.63, 3.8) is 0 Å². The molecule has 10 heteroatoms. The first-order valence-corrected chi connectivity index (χ1v) is 9.56. The van der Waals surface area contributed by atoms with Crippen LogP contribution < -0.4 is 10.1 Å². The van der Waals surface area contributed by atoms with Gasteiger partial charge >= 0.3 is 5.97 Å². The van der Waals surface area contributed by atoms with Gasteiger partial charge in [0, 0.05) is 17.3 Å². The number of aromatic nitrogens is 2. The zero-order chi connectivity index (χ0) is 20.4. The first-order valence-electron chi connectivity index (χ1n) is 8.74. The summed E-state index contributed by atoms with van der Waals surface area (Å²) in [6, 6.07) is 5.65. The standard InChI is InChI=1S/C19H17N3O6S/c1-26-17-14-15(12(8-20-17)13-9-27-6-7-28-13)29-19(21-14)22-16(23)10-2-4-11(5-3-10)18(24)25/h2-5,8,13H,6-7,9H2,1H3,(H,24,25)(H,21,22,23)/t13-/m0/s1. The van der Waals surface area contributed by atoms with Crippen molar-refractivity contribution in [2.24, 2.45) is 0 Å². The van der Waals surface area contributed by atoms with Crippen LogP contribution in [0.15, 0.2) is 30.5 Å². The predicted octanol–water partition coefficient (Wildman–Crippen LogP) is 2.74. The van der Waals surface area contributed by atoms with Gasteiger partial charge in [0.25, 0.3) is 5.91 Å². The molecule has 4 rings (SSSR count). The minimum absolute atomic E-state index is 0.108. The number of nitrogens with one attached hydrogen (secondary N) is 1. The molecule has 1 atom stereocenters. The molecule has 0 saturated carbocycles. The highest BCUT2D eigenvalue weighted by Crippen LogP contribution is 2.37. The highest BCUT2D eigenvalue weighted by molar-refractivity contribution is 7.22. The Kier molecular flexibility index (Phi) is 5.38. The Morgan fingerprint density at radius 2 is 2.00 bits per heavy atom. The Morgan fingerprint density at radius 1 is 1.24 bits per heavy atom. The number of carbonyl (C=O) groups excluding carboxylic acids is 1. The largest absolute Gasteiger partial charge is 0.479 e. The maximum atomic E-state index is 12.5. The highest BCUT2D eigenvalue weighted by atomic mass is 32.1. The van der Waals surface area contributed by atoms with E-state index in [9.17, 15) is 9.59 Å². The summed E-state index contributed by atoms with van der Waals surface area (Å²) < 4.78 is 17.4. The van der Waals surface area contributed by atoms with Gasteiger partial charge in [-0.15, -0.1) is 0 Å². The van der Waals surface area contributed by atoms with E-state index in [0.717, 1.165) is 10.3 Å².